The van der Waals surface area contributed by atoms with E-state index in [1.54, 1.807) is 31.4 Å². The molecule has 100 valence electrons. The highest BCUT2D eigenvalue weighted by Gasteiger charge is 2.22. The van der Waals surface area contributed by atoms with Gasteiger partial charge >= 0.3 is 0 Å². The number of methoxy groups -OCH3 is 1. The predicted molar refractivity (Wildman–Crippen MR) is 75.0 cm³/mol. The van der Waals surface area contributed by atoms with Crippen LogP contribution in [0.15, 0.2) is 24.3 Å². The van der Waals surface area contributed by atoms with E-state index in [2.05, 4.69) is 16.9 Å². The minimum Gasteiger partial charge on any atom is -0.497 e. The molecule has 1 unspecified atom stereocenters. The van der Waals surface area contributed by atoms with E-state index in [0.29, 0.717) is 0 Å². The van der Waals surface area contributed by atoms with E-state index in [9.17, 15) is 8.42 Å². The van der Waals surface area contributed by atoms with E-state index in [4.69, 9.17) is 10.5 Å². The number of hydrogen-bond acceptors (Lipinski definition) is 4. The molecule has 0 aliphatic heterocycles. The first-order chi connectivity index (χ1) is 8.36. The number of hydrogen-bond donors (Lipinski definition) is 2. The summed E-state index contributed by atoms with van der Waals surface area (Å²) >= 11 is 4.67. The number of nitrogens with two attached hydrogens (primary N) is 1. The molecule has 0 saturated carbocycles. The first kappa shape index (κ1) is 14.9. The van der Waals surface area contributed by atoms with Gasteiger partial charge in [-0.1, -0.05) is 24.4 Å². The van der Waals surface area contributed by atoms with Gasteiger partial charge in [-0.25, -0.2) is 13.1 Å². The van der Waals surface area contributed by atoms with E-state index in [1.807, 2.05) is 0 Å². The summed E-state index contributed by atoms with van der Waals surface area (Å²) in [7, 11) is -1.95. The van der Waals surface area contributed by atoms with Gasteiger partial charge < -0.3 is 10.5 Å². The molecular formula is C11H16N2O3S2. The SMILES string of the molecule is COc1ccc(CNS(=O)(=O)C(C)C(N)=S)cc1. The normalized spacial score (nSPS) is 13.0. The van der Waals surface area contributed by atoms with Crippen molar-refractivity contribution in [2.24, 2.45) is 5.73 Å². The first-order valence-corrected chi connectivity index (χ1v) is 7.23. The lowest BCUT2D eigenvalue weighted by molar-refractivity contribution is 0.414. The summed E-state index contributed by atoms with van der Waals surface area (Å²) in [6.07, 6.45) is 0. The zero-order chi connectivity index (χ0) is 13.8. The number of sulfonamides is 1. The van der Waals surface area contributed by atoms with Crippen LogP contribution in [0.3, 0.4) is 0 Å². The van der Waals surface area contributed by atoms with Crippen molar-refractivity contribution < 1.29 is 13.2 Å². The van der Waals surface area contributed by atoms with Crippen molar-refractivity contribution in [3.05, 3.63) is 29.8 Å². The van der Waals surface area contributed by atoms with Crippen LogP contribution in [0.1, 0.15) is 12.5 Å². The molecule has 7 heteroatoms. The Morgan fingerprint density at radius 3 is 2.44 bits per heavy atom. The van der Waals surface area contributed by atoms with Crippen LogP contribution in [-0.4, -0.2) is 25.8 Å². The van der Waals surface area contributed by atoms with Gasteiger partial charge in [0.1, 0.15) is 11.0 Å². The standard InChI is InChI=1S/C11H16N2O3S2/c1-8(11(12)17)18(14,15)13-7-9-3-5-10(16-2)6-4-9/h3-6,8,13H,7H2,1-2H3,(H2,12,17). The molecule has 0 radical (unpaired) electrons. The Morgan fingerprint density at radius 1 is 1.44 bits per heavy atom. The fraction of sp³-hybridized carbons (Fsp3) is 0.364. The van der Waals surface area contributed by atoms with Gasteiger partial charge in [-0.05, 0) is 24.6 Å². The molecule has 3 N–H and O–H groups in total. The smallest absolute Gasteiger partial charge is 0.221 e. The average molecular weight is 288 g/mol. The summed E-state index contributed by atoms with van der Waals surface area (Å²) in [6, 6.07) is 7.10. The maximum atomic E-state index is 11.8. The summed E-state index contributed by atoms with van der Waals surface area (Å²) in [5, 5.41) is -0.884. The monoisotopic (exact) mass is 288 g/mol. The molecule has 0 bridgehead atoms. The van der Waals surface area contributed by atoms with Crippen LogP contribution in [0.25, 0.3) is 0 Å². The Morgan fingerprint density at radius 2 is 2.00 bits per heavy atom. The number of rotatable bonds is 6. The highest BCUT2D eigenvalue weighted by Crippen LogP contribution is 2.11. The van der Waals surface area contributed by atoms with Crippen molar-refractivity contribution in [1.82, 2.24) is 4.72 Å². The maximum Gasteiger partial charge on any atom is 0.221 e. The van der Waals surface area contributed by atoms with Gasteiger partial charge in [-0.2, -0.15) is 0 Å². The van der Waals surface area contributed by atoms with E-state index in [0.717, 1.165) is 11.3 Å². The first-order valence-electron chi connectivity index (χ1n) is 5.27. The van der Waals surface area contributed by atoms with Gasteiger partial charge in [0.2, 0.25) is 10.0 Å². The van der Waals surface area contributed by atoms with Gasteiger partial charge in [-0.15, -0.1) is 0 Å². The van der Waals surface area contributed by atoms with E-state index >= 15 is 0 Å². The van der Waals surface area contributed by atoms with E-state index in [-0.39, 0.29) is 11.5 Å². The molecule has 18 heavy (non-hydrogen) atoms. The number of nitrogens with one attached hydrogen (secondary N) is 1. The van der Waals surface area contributed by atoms with Gasteiger partial charge in [0.25, 0.3) is 0 Å². The Hall–Kier alpha value is -1.18. The summed E-state index contributed by atoms with van der Waals surface area (Å²) < 4.78 is 31.0. The Balaban J connectivity index is 2.67. The maximum absolute atomic E-state index is 11.8. The molecular weight excluding hydrogens is 272 g/mol. The lowest BCUT2D eigenvalue weighted by Gasteiger charge is -2.12. The molecule has 1 aromatic rings. The third-order valence-electron chi connectivity index (χ3n) is 2.50. The summed E-state index contributed by atoms with van der Waals surface area (Å²) in [5.41, 5.74) is 6.15. The van der Waals surface area contributed by atoms with E-state index < -0.39 is 15.3 Å². The van der Waals surface area contributed by atoms with Crippen molar-refractivity contribution in [3.63, 3.8) is 0 Å². The molecule has 1 aromatic carbocycles. The third-order valence-corrected chi connectivity index (χ3v) is 4.74. The Bertz CT molecular complexity index is 512. The molecule has 1 rings (SSSR count). The minimum atomic E-state index is -3.52. The fourth-order valence-corrected chi connectivity index (χ4v) is 2.51. The van der Waals surface area contributed by atoms with Crippen molar-refractivity contribution in [2.75, 3.05) is 7.11 Å². The van der Waals surface area contributed by atoms with Crippen molar-refractivity contribution in [3.8, 4) is 5.75 Å². The van der Waals surface area contributed by atoms with E-state index in [1.165, 1.54) is 6.92 Å². The third kappa shape index (κ3) is 3.94. The number of benzene rings is 1. The number of thiocarbonyl (C=S) groups is 1. The molecule has 0 fully saturated rings. The Labute approximate surface area is 112 Å². The molecule has 0 aliphatic carbocycles. The molecule has 0 aromatic heterocycles. The molecule has 1 atom stereocenters. The quantitative estimate of drug-likeness (QED) is 0.756. The van der Waals surface area contributed by atoms with Crippen LogP contribution in [0, 0.1) is 0 Å². The van der Waals surface area contributed by atoms with Crippen molar-refractivity contribution in [2.45, 2.75) is 18.7 Å². The second kappa shape index (κ2) is 6.12. The van der Waals surface area contributed by atoms with Crippen molar-refractivity contribution >= 4 is 27.2 Å². The van der Waals surface area contributed by atoms with Gasteiger partial charge in [-0.3, -0.25) is 0 Å². The zero-order valence-electron chi connectivity index (χ0n) is 10.2. The van der Waals surface area contributed by atoms with Crippen LogP contribution in [0.4, 0.5) is 0 Å². The van der Waals surface area contributed by atoms with Crippen LogP contribution in [0.5, 0.6) is 5.75 Å². The Kier molecular flexibility index (Phi) is 5.06. The summed E-state index contributed by atoms with van der Waals surface area (Å²) in [4.78, 5) is -0.0442. The van der Waals surface area contributed by atoms with Gasteiger partial charge in [0.05, 0.1) is 12.1 Å². The second-order valence-electron chi connectivity index (χ2n) is 3.76. The number of ether oxygens (including phenoxy) is 1. The lowest BCUT2D eigenvalue weighted by Crippen LogP contribution is -2.39. The highest BCUT2D eigenvalue weighted by atomic mass is 32.2. The van der Waals surface area contributed by atoms with Crippen LogP contribution < -0.4 is 15.2 Å². The minimum absolute atomic E-state index is 0.0442. The summed E-state index contributed by atoms with van der Waals surface area (Å²) in [6.45, 7) is 1.65. The lowest BCUT2D eigenvalue weighted by atomic mass is 10.2. The zero-order valence-corrected chi connectivity index (χ0v) is 11.8. The molecule has 0 amide bonds. The largest absolute Gasteiger partial charge is 0.497 e. The fourth-order valence-electron chi connectivity index (χ4n) is 1.21. The van der Waals surface area contributed by atoms with Crippen molar-refractivity contribution in [1.29, 1.82) is 0 Å². The van der Waals surface area contributed by atoms with Gasteiger partial charge in [0.15, 0.2) is 0 Å². The van der Waals surface area contributed by atoms with Crippen LogP contribution in [-0.2, 0) is 16.6 Å². The molecule has 0 saturated heterocycles. The molecule has 0 spiro atoms. The van der Waals surface area contributed by atoms with Crippen LogP contribution >= 0.6 is 12.2 Å². The molecule has 0 heterocycles. The molecule has 5 nitrogen and oxygen atoms in total. The topological polar surface area (TPSA) is 81.4 Å². The van der Waals surface area contributed by atoms with Crippen LogP contribution in [0.2, 0.25) is 0 Å². The summed E-state index contributed by atoms with van der Waals surface area (Å²) in [5.74, 6) is 0.720. The van der Waals surface area contributed by atoms with Gasteiger partial charge in [0, 0.05) is 6.54 Å². The second-order valence-corrected chi connectivity index (χ2v) is 6.32. The highest BCUT2D eigenvalue weighted by molar-refractivity contribution is 7.93. The predicted octanol–water partition coefficient (Wildman–Crippen LogP) is 0.789. The molecule has 0 aliphatic rings. The average Bonchev–Trinajstić information content (AvgIpc) is 2.36.